The Morgan fingerprint density at radius 2 is 2.00 bits per heavy atom. The lowest BCUT2D eigenvalue weighted by Gasteiger charge is -2.15. The Balaban J connectivity index is 1.58. The molecule has 1 aliphatic rings. The predicted molar refractivity (Wildman–Crippen MR) is 143 cm³/mol. The smallest absolute Gasteiger partial charge is 0.280 e. The molecule has 0 aromatic carbocycles. The number of carbonyl (C=O) groups is 1. The van der Waals surface area contributed by atoms with Gasteiger partial charge in [-0.3, -0.25) is 24.5 Å². The number of nitrogens with zero attached hydrogens (tertiary/aromatic N) is 5. The van der Waals surface area contributed by atoms with Crippen LogP contribution in [0.5, 0.6) is 5.75 Å². The van der Waals surface area contributed by atoms with Crippen LogP contribution in [0.25, 0.3) is 16.9 Å². The van der Waals surface area contributed by atoms with Gasteiger partial charge in [0.05, 0.1) is 25.0 Å². The standard InChI is InChI=1S/C27H22F2N6O4S/c1-14(36)16-7-8-35(24(37)9-16)22-11-17(18-10-20(25(28)29)30-13-21(18)39-2)19(12-31-22)26(38)32-27-34-33-23(40-27)6-5-15-3-4-15/h7-15,25,36H,3-4H2,1-2H3,(H,32,34,38). The lowest BCUT2D eigenvalue weighted by Crippen LogP contribution is -2.20. The molecule has 2 N–H and O–H groups in total. The van der Waals surface area contributed by atoms with Gasteiger partial charge in [0.2, 0.25) is 5.13 Å². The molecule has 1 fully saturated rings. The van der Waals surface area contributed by atoms with Gasteiger partial charge in [-0.15, -0.1) is 10.2 Å². The number of anilines is 1. The molecule has 5 rings (SSSR count). The third kappa shape index (κ3) is 5.88. The molecule has 204 valence electrons. The summed E-state index contributed by atoms with van der Waals surface area (Å²) in [4.78, 5) is 34.2. The maximum atomic E-state index is 13.6. The van der Waals surface area contributed by atoms with Gasteiger partial charge in [0.15, 0.2) is 5.01 Å². The van der Waals surface area contributed by atoms with Crippen LogP contribution in [0.4, 0.5) is 13.9 Å². The molecule has 0 spiro atoms. The minimum atomic E-state index is -2.88. The van der Waals surface area contributed by atoms with Crippen molar-refractivity contribution in [2.75, 3.05) is 12.4 Å². The van der Waals surface area contributed by atoms with Gasteiger partial charge < -0.3 is 9.84 Å². The third-order valence-electron chi connectivity index (χ3n) is 6.04. The number of aliphatic hydroxyl groups is 1. The van der Waals surface area contributed by atoms with Crippen molar-refractivity contribution in [3.8, 4) is 34.5 Å². The second kappa shape index (κ2) is 11.3. The van der Waals surface area contributed by atoms with Gasteiger partial charge in [-0.25, -0.2) is 13.8 Å². The van der Waals surface area contributed by atoms with Gasteiger partial charge in [0, 0.05) is 35.5 Å². The van der Waals surface area contributed by atoms with E-state index in [0.29, 0.717) is 16.5 Å². The largest absolute Gasteiger partial charge is 0.494 e. The molecule has 40 heavy (non-hydrogen) atoms. The summed E-state index contributed by atoms with van der Waals surface area (Å²) < 4.78 is 33.7. The van der Waals surface area contributed by atoms with E-state index in [1.807, 2.05) is 0 Å². The highest BCUT2D eigenvalue weighted by Gasteiger charge is 2.23. The average Bonchev–Trinajstić information content (AvgIpc) is 3.68. The summed E-state index contributed by atoms with van der Waals surface area (Å²) in [6.07, 6.45) is 2.18. The zero-order chi connectivity index (χ0) is 28.4. The molecular weight excluding hydrogens is 542 g/mol. The Morgan fingerprint density at radius 3 is 2.67 bits per heavy atom. The minimum absolute atomic E-state index is 0.00271. The van der Waals surface area contributed by atoms with E-state index in [1.54, 1.807) is 6.07 Å². The van der Waals surface area contributed by atoms with Crippen LogP contribution in [0.3, 0.4) is 0 Å². The van der Waals surface area contributed by atoms with Crippen LogP contribution in [0.1, 0.15) is 58.9 Å². The number of amides is 1. The van der Waals surface area contributed by atoms with Crippen molar-refractivity contribution in [1.82, 2.24) is 24.7 Å². The second-order valence-corrected chi connectivity index (χ2v) is 9.93. The highest BCUT2D eigenvalue weighted by molar-refractivity contribution is 7.15. The maximum Gasteiger partial charge on any atom is 0.280 e. The van der Waals surface area contributed by atoms with Crippen molar-refractivity contribution < 1.29 is 23.4 Å². The Morgan fingerprint density at radius 1 is 1.20 bits per heavy atom. The molecule has 0 saturated heterocycles. The van der Waals surface area contributed by atoms with Crippen LogP contribution in [0.2, 0.25) is 0 Å². The van der Waals surface area contributed by atoms with Crippen molar-refractivity contribution in [2.24, 2.45) is 5.92 Å². The zero-order valence-corrected chi connectivity index (χ0v) is 22.1. The number of hydrogen-bond donors (Lipinski definition) is 2. The molecule has 4 heterocycles. The van der Waals surface area contributed by atoms with Crippen molar-refractivity contribution >= 4 is 22.4 Å². The number of ether oxygens (including phenoxy) is 1. The van der Waals surface area contributed by atoms with Crippen LogP contribution in [-0.2, 0) is 0 Å². The summed E-state index contributed by atoms with van der Waals surface area (Å²) in [5, 5.41) is 21.1. The van der Waals surface area contributed by atoms with Crippen LogP contribution >= 0.6 is 11.3 Å². The highest BCUT2D eigenvalue weighted by Crippen LogP contribution is 2.35. The quantitative estimate of drug-likeness (QED) is 0.320. The Bertz CT molecular complexity index is 1710. The first kappa shape index (κ1) is 27.0. The monoisotopic (exact) mass is 564 g/mol. The van der Waals surface area contributed by atoms with Crippen molar-refractivity contribution in [3.05, 3.63) is 75.0 Å². The first-order valence-electron chi connectivity index (χ1n) is 12.1. The van der Waals surface area contributed by atoms with E-state index in [1.165, 1.54) is 43.1 Å². The van der Waals surface area contributed by atoms with Gasteiger partial charge >= 0.3 is 0 Å². The number of alkyl halides is 2. The first-order valence-corrected chi connectivity index (χ1v) is 12.9. The molecule has 10 nitrogen and oxygen atoms in total. The highest BCUT2D eigenvalue weighted by atomic mass is 32.1. The number of hydrogen-bond acceptors (Lipinski definition) is 9. The number of pyridine rings is 3. The van der Waals surface area contributed by atoms with E-state index in [0.717, 1.165) is 36.4 Å². The second-order valence-electron chi connectivity index (χ2n) is 8.95. The summed E-state index contributed by atoms with van der Waals surface area (Å²) in [7, 11) is 1.34. The summed E-state index contributed by atoms with van der Waals surface area (Å²) >= 11 is 1.10. The molecule has 4 aromatic rings. The number of nitrogens with one attached hydrogen (secondary N) is 1. The topological polar surface area (TPSA) is 132 Å². The fraction of sp³-hybridized carbons (Fsp3) is 0.259. The molecule has 1 unspecified atom stereocenters. The number of aliphatic hydroxyl groups excluding tert-OH is 1. The Labute approximate surface area is 230 Å². The minimum Gasteiger partial charge on any atom is -0.494 e. The van der Waals surface area contributed by atoms with Gasteiger partial charge in [0.1, 0.15) is 17.3 Å². The van der Waals surface area contributed by atoms with Crippen molar-refractivity contribution in [2.45, 2.75) is 32.3 Å². The average molecular weight is 565 g/mol. The van der Waals surface area contributed by atoms with E-state index in [4.69, 9.17) is 4.74 Å². The van der Waals surface area contributed by atoms with E-state index in [9.17, 15) is 23.5 Å². The molecule has 0 bridgehead atoms. The van der Waals surface area contributed by atoms with Gasteiger partial charge in [-0.2, -0.15) is 0 Å². The first-order chi connectivity index (χ1) is 19.2. The van der Waals surface area contributed by atoms with E-state index in [2.05, 4.69) is 37.3 Å². The van der Waals surface area contributed by atoms with Crippen LogP contribution in [0.15, 0.2) is 47.7 Å². The van der Waals surface area contributed by atoms with E-state index in [-0.39, 0.29) is 33.4 Å². The zero-order valence-electron chi connectivity index (χ0n) is 21.3. The fourth-order valence-electron chi connectivity index (χ4n) is 3.75. The van der Waals surface area contributed by atoms with Crippen LogP contribution in [0, 0.1) is 17.8 Å². The number of rotatable bonds is 7. The summed E-state index contributed by atoms with van der Waals surface area (Å²) in [6, 6.07) is 5.34. The predicted octanol–water partition coefficient (Wildman–Crippen LogP) is 4.16. The lowest BCUT2D eigenvalue weighted by molar-refractivity contribution is 0.102. The van der Waals surface area contributed by atoms with E-state index >= 15 is 0 Å². The molecule has 1 saturated carbocycles. The van der Waals surface area contributed by atoms with Crippen molar-refractivity contribution in [3.63, 3.8) is 0 Å². The third-order valence-corrected chi connectivity index (χ3v) is 6.79. The number of aromatic nitrogens is 5. The number of carbonyl (C=O) groups excluding carboxylic acids is 1. The lowest BCUT2D eigenvalue weighted by atomic mass is 10.00. The molecule has 1 aliphatic carbocycles. The Kier molecular flexibility index (Phi) is 7.63. The molecule has 0 aliphatic heterocycles. The van der Waals surface area contributed by atoms with Gasteiger partial charge in [0.25, 0.3) is 17.9 Å². The molecular formula is C27H22F2N6O4S. The molecule has 1 atom stereocenters. The molecule has 4 aromatic heterocycles. The summed E-state index contributed by atoms with van der Waals surface area (Å²) in [5.74, 6) is 5.99. The van der Waals surface area contributed by atoms with Gasteiger partial charge in [-0.1, -0.05) is 17.3 Å². The normalized spacial score (nSPS) is 13.4. The van der Waals surface area contributed by atoms with Crippen LogP contribution < -0.4 is 15.6 Å². The SMILES string of the molecule is COc1cnc(C(F)F)cc1-c1cc(-n2ccc(C(C)O)cc2=O)ncc1C(=O)Nc1nnc(C#CC2CC2)s1. The molecule has 0 radical (unpaired) electrons. The summed E-state index contributed by atoms with van der Waals surface area (Å²) in [5.41, 5.74) is -0.298. The van der Waals surface area contributed by atoms with Crippen LogP contribution in [-0.4, -0.2) is 42.9 Å². The summed E-state index contributed by atoms with van der Waals surface area (Å²) in [6.45, 7) is 1.53. The molecule has 13 heteroatoms. The molecule has 1 amide bonds. The fourth-order valence-corrected chi connectivity index (χ4v) is 4.36. The number of halogens is 2. The van der Waals surface area contributed by atoms with Crippen molar-refractivity contribution in [1.29, 1.82) is 0 Å². The number of methoxy groups -OCH3 is 1. The van der Waals surface area contributed by atoms with Gasteiger partial charge in [-0.05, 0) is 49.4 Å². The maximum absolute atomic E-state index is 13.6. The van der Waals surface area contributed by atoms with E-state index < -0.39 is 29.7 Å². The Hall–Kier alpha value is -4.54.